The molecule has 0 aliphatic carbocycles. The van der Waals surface area contributed by atoms with E-state index < -0.39 is 5.97 Å². The van der Waals surface area contributed by atoms with E-state index in [-0.39, 0.29) is 17.7 Å². The first-order valence-corrected chi connectivity index (χ1v) is 4.54. The van der Waals surface area contributed by atoms with Gasteiger partial charge in [0.05, 0.1) is 23.8 Å². The zero-order valence-electron chi connectivity index (χ0n) is 8.32. The normalized spacial score (nSPS) is 9.67. The van der Waals surface area contributed by atoms with Crippen LogP contribution in [0.4, 0.5) is 0 Å². The van der Waals surface area contributed by atoms with Crippen LogP contribution in [-0.4, -0.2) is 16.2 Å². The Morgan fingerprint density at radius 3 is 2.60 bits per heavy atom. The van der Waals surface area contributed by atoms with Gasteiger partial charge in [-0.2, -0.15) is 5.26 Å². The molecule has 0 aromatic heterocycles. The molecule has 0 saturated carbocycles. The maximum Gasteiger partial charge on any atom is 0.336 e. The van der Waals surface area contributed by atoms with Crippen LogP contribution in [0.15, 0.2) is 12.1 Å². The number of aliphatic hydroxyl groups is 1. The van der Waals surface area contributed by atoms with E-state index in [0.29, 0.717) is 17.5 Å². The highest BCUT2D eigenvalue weighted by Gasteiger charge is 2.14. The first-order valence-electron chi connectivity index (χ1n) is 4.54. The largest absolute Gasteiger partial charge is 0.478 e. The Balaban J connectivity index is 3.47. The lowest BCUT2D eigenvalue weighted by molar-refractivity contribution is 0.0695. The summed E-state index contributed by atoms with van der Waals surface area (Å²) in [6.07, 6.45) is 0.517. The molecule has 0 aliphatic heterocycles. The average Bonchev–Trinajstić information content (AvgIpc) is 2.26. The molecule has 0 aliphatic rings. The summed E-state index contributed by atoms with van der Waals surface area (Å²) in [5.41, 5.74) is 1.45. The number of rotatable bonds is 3. The van der Waals surface area contributed by atoms with Gasteiger partial charge in [-0.05, 0) is 29.7 Å². The fourth-order valence-electron chi connectivity index (χ4n) is 1.55. The molecule has 4 nitrogen and oxygen atoms in total. The molecule has 0 fully saturated rings. The van der Waals surface area contributed by atoms with E-state index in [2.05, 4.69) is 0 Å². The fraction of sp³-hybridized carbons (Fsp3) is 0.273. The van der Waals surface area contributed by atoms with Crippen molar-refractivity contribution >= 4 is 5.97 Å². The Morgan fingerprint density at radius 2 is 2.20 bits per heavy atom. The van der Waals surface area contributed by atoms with Gasteiger partial charge in [0.2, 0.25) is 0 Å². The van der Waals surface area contributed by atoms with Crippen molar-refractivity contribution < 1.29 is 15.0 Å². The Kier molecular flexibility index (Phi) is 3.42. The van der Waals surface area contributed by atoms with Gasteiger partial charge in [0.15, 0.2) is 0 Å². The number of hydrogen-bond acceptors (Lipinski definition) is 3. The average molecular weight is 205 g/mol. The second kappa shape index (κ2) is 4.58. The minimum absolute atomic E-state index is 0.0978. The van der Waals surface area contributed by atoms with E-state index in [9.17, 15) is 4.79 Å². The number of aromatic carboxylic acids is 1. The number of nitrogens with zero attached hydrogens (tertiary/aromatic N) is 1. The van der Waals surface area contributed by atoms with Crippen LogP contribution in [0.25, 0.3) is 0 Å². The molecule has 0 saturated heterocycles. The summed E-state index contributed by atoms with van der Waals surface area (Å²) in [6.45, 7) is 1.56. The zero-order chi connectivity index (χ0) is 11.4. The third kappa shape index (κ3) is 2.14. The van der Waals surface area contributed by atoms with Crippen LogP contribution in [0, 0.1) is 11.3 Å². The summed E-state index contributed by atoms with van der Waals surface area (Å²) >= 11 is 0. The minimum atomic E-state index is -1.07. The topological polar surface area (TPSA) is 81.3 Å². The molecule has 0 heterocycles. The van der Waals surface area contributed by atoms with Crippen molar-refractivity contribution in [1.29, 1.82) is 5.26 Å². The van der Waals surface area contributed by atoms with Crippen LogP contribution in [0.5, 0.6) is 0 Å². The molecular formula is C11H11NO3. The first-order chi connectivity index (χ1) is 7.13. The highest BCUT2D eigenvalue weighted by molar-refractivity contribution is 5.90. The monoisotopic (exact) mass is 205 g/mol. The molecule has 1 rings (SSSR count). The Bertz CT molecular complexity index is 432. The first kappa shape index (κ1) is 11.2. The summed E-state index contributed by atoms with van der Waals surface area (Å²) < 4.78 is 0. The van der Waals surface area contributed by atoms with Gasteiger partial charge in [0.1, 0.15) is 0 Å². The van der Waals surface area contributed by atoms with Crippen molar-refractivity contribution in [3.05, 3.63) is 34.4 Å². The lowest BCUT2D eigenvalue weighted by atomic mass is 9.96. The van der Waals surface area contributed by atoms with Crippen molar-refractivity contribution in [3.8, 4) is 6.07 Å². The third-order valence-corrected chi connectivity index (χ3v) is 2.23. The van der Waals surface area contributed by atoms with Crippen LogP contribution < -0.4 is 0 Å². The number of hydrogen-bond donors (Lipinski definition) is 2. The molecule has 78 valence electrons. The summed E-state index contributed by atoms with van der Waals surface area (Å²) in [5, 5.41) is 26.7. The van der Waals surface area contributed by atoms with Crippen LogP contribution in [-0.2, 0) is 13.0 Å². The molecule has 1 aromatic rings. The van der Waals surface area contributed by atoms with Crippen molar-refractivity contribution in [2.24, 2.45) is 0 Å². The number of carboxylic acid groups (broad SMARTS) is 1. The lowest BCUT2D eigenvalue weighted by Gasteiger charge is -2.09. The number of aliphatic hydroxyl groups excluding tert-OH is 1. The summed E-state index contributed by atoms with van der Waals surface area (Å²) in [4.78, 5) is 10.9. The third-order valence-electron chi connectivity index (χ3n) is 2.23. The van der Waals surface area contributed by atoms with Crippen molar-refractivity contribution in [2.45, 2.75) is 20.0 Å². The molecule has 15 heavy (non-hydrogen) atoms. The van der Waals surface area contributed by atoms with Crippen LogP contribution in [0.2, 0.25) is 0 Å². The maximum atomic E-state index is 10.9. The van der Waals surface area contributed by atoms with Crippen molar-refractivity contribution in [3.63, 3.8) is 0 Å². The Labute approximate surface area is 87.4 Å². The van der Waals surface area contributed by atoms with E-state index >= 15 is 0 Å². The SMILES string of the molecule is CCc1c(CO)cc(C#N)cc1C(=O)O. The minimum Gasteiger partial charge on any atom is -0.478 e. The van der Waals surface area contributed by atoms with E-state index in [4.69, 9.17) is 15.5 Å². The molecule has 4 heteroatoms. The number of carboxylic acids is 1. The van der Waals surface area contributed by atoms with Crippen molar-refractivity contribution in [2.75, 3.05) is 0 Å². The predicted molar refractivity (Wildman–Crippen MR) is 53.4 cm³/mol. The summed E-state index contributed by atoms with van der Waals surface area (Å²) in [5.74, 6) is -1.07. The summed E-state index contributed by atoms with van der Waals surface area (Å²) in [6, 6.07) is 4.73. The molecule has 0 radical (unpaired) electrons. The van der Waals surface area contributed by atoms with Gasteiger partial charge < -0.3 is 10.2 Å². The smallest absolute Gasteiger partial charge is 0.336 e. The van der Waals surface area contributed by atoms with E-state index in [0.717, 1.165) is 0 Å². The fourth-order valence-corrected chi connectivity index (χ4v) is 1.55. The van der Waals surface area contributed by atoms with Gasteiger partial charge >= 0.3 is 5.97 Å². The van der Waals surface area contributed by atoms with E-state index in [1.807, 2.05) is 13.0 Å². The van der Waals surface area contributed by atoms with Crippen LogP contribution in [0.3, 0.4) is 0 Å². The molecule has 0 spiro atoms. The van der Waals surface area contributed by atoms with Gasteiger partial charge in [-0.15, -0.1) is 0 Å². The predicted octanol–water partition coefficient (Wildman–Crippen LogP) is 1.31. The molecule has 0 amide bonds. The molecular weight excluding hydrogens is 194 g/mol. The lowest BCUT2D eigenvalue weighted by Crippen LogP contribution is -2.06. The standard InChI is InChI=1S/C11H11NO3/c1-2-9-8(6-13)3-7(5-12)4-10(9)11(14)15/h3-4,13H,2,6H2,1H3,(H,14,15). The van der Waals surface area contributed by atoms with Gasteiger partial charge in [-0.25, -0.2) is 4.79 Å². The van der Waals surface area contributed by atoms with Gasteiger partial charge in [0, 0.05) is 0 Å². The highest BCUT2D eigenvalue weighted by atomic mass is 16.4. The quantitative estimate of drug-likeness (QED) is 0.779. The Hall–Kier alpha value is -1.86. The molecule has 1 aromatic carbocycles. The van der Waals surface area contributed by atoms with Gasteiger partial charge in [0.25, 0.3) is 0 Å². The number of nitriles is 1. The van der Waals surface area contributed by atoms with E-state index in [1.165, 1.54) is 12.1 Å². The highest BCUT2D eigenvalue weighted by Crippen LogP contribution is 2.18. The van der Waals surface area contributed by atoms with Gasteiger partial charge in [-0.1, -0.05) is 6.92 Å². The molecule has 0 bridgehead atoms. The maximum absolute atomic E-state index is 10.9. The van der Waals surface area contributed by atoms with E-state index in [1.54, 1.807) is 0 Å². The van der Waals surface area contributed by atoms with Crippen LogP contribution >= 0.6 is 0 Å². The molecule has 0 unspecified atom stereocenters. The molecule has 2 N–H and O–H groups in total. The molecule has 0 atom stereocenters. The second-order valence-corrected chi connectivity index (χ2v) is 3.09. The van der Waals surface area contributed by atoms with Gasteiger partial charge in [-0.3, -0.25) is 0 Å². The van der Waals surface area contributed by atoms with Crippen LogP contribution in [0.1, 0.15) is 34.0 Å². The van der Waals surface area contributed by atoms with Crippen molar-refractivity contribution in [1.82, 2.24) is 0 Å². The zero-order valence-corrected chi connectivity index (χ0v) is 8.32. The second-order valence-electron chi connectivity index (χ2n) is 3.09. The summed E-state index contributed by atoms with van der Waals surface area (Å²) in [7, 11) is 0. The number of carbonyl (C=O) groups is 1. The Morgan fingerprint density at radius 1 is 1.53 bits per heavy atom. The number of benzene rings is 1.